The summed E-state index contributed by atoms with van der Waals surface area (Å²) in [4.78, 5) is 12.9. The van der Waals surface area contributed by atoms with Gasteiger partial charge in [-0.15, -0.1) is 0 Å². The second-order valence-electron chi connectivity index (χ2n) is 2.08. The third-order valence-electron chi connectivity index (χ3n) is 1.21. The van der Waals surface area contributed by atoms with Crippen LogP contribution in [0.5, 0.6) is 0 Å². The van der Waals surface area contributed by atoms with Crippen LogP contribution >= 0.6 is 0 Å². The lowest BCUT2D eigenvalue weighted by molar-refractivity contribution is 0.146. The van der Waals surface area contributed by atoms with Gasteiger partial charge >= 0.3 is 0 Å². The molecular weight excluding hydrogens is 168 g/mol. The molecule has 0 aliphatic carbocycles. The van der Waals surface area contributed by atoms with Crippen LogP contribution < -0.4 is 0 Å². The number of carbonyl (C=O) groups excluding carboxylic acids is 1. The maximum absolute atomic E-state index is 12.1. The first-order chi connectivity index (χ1) is 5.65. The molecule has 0 saturated carbocycles. The van der Waals surface area contributed by atoms with Crippen LogP contribution in [-0.4, -0.2) is 15.9 Å². The lowest BCUT2D eigenvalue weighted by Crippen LogP contribution is -1.90. The third kappa shape index (κ3) is 1.54. The monoisotopic (exact) mass is 173 g/mol. The van der Waals surface area contributed by atoms with Crippen LogP contribution in [0.2, 0.25) is 0 Å². The van der Waals surface area contributed by atoms with Crippen molar-refractivity contribution in [2.75, 3.05) is 0 Å². The van der Waals surface area contributed by atoms with Crippen LogP contribution in [-0.2, 0) is 11.8 Å². The summed E-state index contributed by atoms with van der Waals surface area (Å²) >= 11 is 0. The molecule has 0 amide bonds. The first-order valence-corrected chi connectivity index (χ1v) is 3.04. The van der Waals surface area contributed by atoms with Crippen LogP contribution in [0.4, 0.5) is 14.5 Å². The van der Waals surface area contributed by atoms with E-state index in [-0.39, 0.29) is 5.69 Å². The Balaban J connectivity index is 3.16. The highest BCUT2D eigenvalue weighted by Crippen LogP contribution is 2.26. The van der Waals surface area contributed by atoms with E-state index in [4.69, 9.17) is 0 Å². The van der Waals surface area contributed by atoms with Gasteiger partial charge < -0.3 is 0 Å². The summed E-state index contributed by atoms with van der Waals surface area (Å²) in [5.41, 5.74) is -0.636. The van der Waals surface area contributed by atoms with Crippen molar-refractivity contribution >= 4 is 11.8 Å². The first kappa shape index (κ1) is 8.55. The van der Waals surface area contributed by atoms with Gasteiger partial charge in [-0.1, -0.05) is 0 Å². The molecule has 1 rings (SSSR count). The molecule has 1 heterocycles. The number of hydrogen-bond donors (Lipinski definition) is 0. The number of nitrogens with zero attached hydrogens (tertiary/aromatic N) is 3. The van der Waals surface area contributed by atoms with Gasteiger partial charge in [-0.05, 0) is 0 Å². The van der Waals surface area contributed by atoms with Gasteiger partial charge in [0.05, 0.1) is 6.20 Å². The predicted octanol–water partition coefficient (Wildman–Crippen LogP) is 1.32. The Bertz CT molecular complexity index is 328. The summed E-state index contributed by atoms with van der Waals surface area (Å²) in [7, 11) is 1.47. The van der Waals surface area contributed by atoms with Gasteiger partial charge in [-0.3, -0.25) is 4.68 Å². The van der Waals surface area contributed by atoms with Crippen molar-refractivity contribution in [3.8, 4) is 0 Å². The average Bonchev–Trinajstić information content (AvgIpc) is 2.32. The maximum atomic E-state index is 12.1. The second kappa shape index (κ2) is 3.23. The van der Waals surface area contributed by atoms with E-state index in [9.17, 15) is 13.6 Å². The van der Waals surface area contributed by atoms with Crippen LogP contribution in [0.15, 0.2) is 11.2 Å². The minimum Gasteiger partial charge on any atom is -0.273 e. The Kier molecular flexibility index (Phi) is 2.30. The lowest BCUT2D eigenvalue weighted by atomic mass is 10.4. The zero-order chi connectivity index (χ0) is 9.14. The molecule has 4 nitrogen and oxygen atoms in total. The Morgan fingerprint density at radius 3 is 2.92 bits per heavy atom. The Morgan fingerprint density at radius 1 is 1.75 bits per heavy atom. The Labute approximate surface area is 66.5 Å². The van der Waals surface area contributed by atoms with Crippen LogP contribution in [0, 0.1) is 0 Å². The number of alkyl halides is 2. The molecule has 0 aromatic carbocycles. The van der Waals surface area contributed by atoms with E-state index < -0.39 is 12.1 Å². The van der Waals surface area contributed by atoms with Crippen molar-refractivity contribution in [1.82, 2.24) is 9.78 Å². The molecule has 1 aromatic rings. The zero-order valence-corrected chi connectivity index (χ0v) is 6.16. The summed E-state index contributed by atoms with van der Waals surface area (Å²) in [5, 5.41) is 3.42. The molecule has 64 valence electrons. The molecule has 0 spiro atoms. The van der Waals surface area contributed by atoms with E-state index >= 15 is 0 Å². The number of aromatic nitrogens is 2. The van der Waals surface area contributed by atoms with E-state index in [0.29, 0.717) is 0 Å². The topological polar surface area (TPSA) is 47.2 Å². The highest BCUT2D eigenvalue weighted by Gasteiger charge is 2.16. The minimum absolute atomic E-state index is 0.137. The smallest absolute Gasteiger partial charge is 0.273 e. The van der Waals surface area contributed by atoms with Crippen molar-refractivity contribution in [2.45, 2.75) is 6.43 Å². The van der Waals surface area contributed by atoms with Gasteiger partial charge in [0, 0.05) is 7.05 Å². The summed E-state index contributed by atoms with van der Waals surface area (Å²) in [5.74, 6) is 0. The van der Waals surface area contributed by atoms with Gasteiger partial charge in [0.25, 0.3) is 6.43 Å². The van der Waals surface area contributed by atoms with E-state index in [1.807, 2.05) is 0 Å². The van der Waals surface area contributed by atoms with Crippen molar-refractivity contribution in [2.24, 2.45) is 12.0 Å². The molecule has 6 heteroatoms. The van der Waals surface area contributed by atoms with E-state index in [2.05, 4.69) is 10.1 Å². The quantitative estimate of drug-likeness (QED) is 0.500. The predicted molar refractivity (Wildman–Crippen MR) is 35.9 cm³/mol. The van der Waals surface area contributed by atoms with Gasteiger partial charge in [0.2, 0.25) is 6.08 Å². The summed E-state index contributed by atoms with van der Waals surface area (Å²) in [6.07, 6.45) is -0.314. The van der Waals surface area contributed by atoms with Crippen LogP contribution in [0.3, 0.4) is 0 Å². The number of aryl methyl sites for hydroxylation is 1. The number of hydrogen-bond acceptors (Lipinski definition) is 3. The van der Waals surface area contributed by atoms with Crippen molar-refractivity contribution < 1.29 is 13.6 Å². The molecular formula is C6H5F2N3O. The molecule has 0 atom stereocenters. The second-order valence-corrected chi connectivity index (χ2v) is 2.08. The van der Waals surface area contributed by atoms with Gasteiger partial charge in [0.15, 0.2) is 5.69 Å². The summed E-state index contributed by atoms with van der Waals surface area (Å²) in [6, 6.07) is 0. The maximum Gasteiger partial charge on any atom is 0.284 e. The molecule has 0 saturated heterocycles. The van der Waals surface area contributed by atoms with Crippen LogP contribution in [0.1, 0.15) is 12.1 Å². The van der Waals surface area contributed by atoms with Crippen molar-refractivity contribution in [1.29, 1.82) is 0 Å². The first-order valence-electron chi connectivity index (χ1n) is 3.04. The van der Waals surface area contributed by atoms with Crippen molar-refractivity contribution in [3.63, 3.8) is 0 Å². The summed E-state index contributed by atoms with van der Waals surface area (Å²) < 4.78 is 25.4. The molecule has 1 aromatic heterocycles. The normalized spacial score (nSPS) is 10.0. The van der Waals surface area contributed by atoms with E-state index in [1.54, 1.807) is 0 Å². The fraction of sp³-hybridized carbons (Fsp3) is 0.333. The van der Waals surface area contributed by atoms with Gasteiger partial charge in [-0.2, -0.15) is 10.1 Å². The number of halogens is 2. The fourth-order valence-electron chi connectivity index (χ4n) is 0.784. The van der Waals surface area contributed by atoms with Gasteiger partial charge in [0.1, 0.15) is 5.69 Å². The molecule has 0 fully saturated rings. The summed E-state index contributed by atoms with van der Waals surface area (Å²) in [6.45, 7) is 0. The van der Waals surface area contributed by atoms with Crippen LogP contribution in [0.25, 0.3) is 0 Å². The third-order valence-corrected chi connectivity index (χ3v) is 1.21. The molecule has 0 N–H and O–H groups in total. The standard InChI is InChI=1S/C6H5F2N3O/c1-11-2-4(9-3-12)5(10-11)6(7)8/h2,6H,1H3. The molecule has 0 unspecified atom stereocenters. The lowest BCUT2D eigenvalue weighted by Gasteiger charge is -1.91. The van der Waals surface area contributed by atoms with Crippen molar-refractivity contribution in [3.05, 3.63) is 11.9 Å². The highest BCUT2D eigenvalue weighted by atomic mass is 19.3. The minimum atomic E-state index is -2.72. The largest absolute Gasteiger partial charge is 0.284 e. The van der Waals surface area contributed by atoms with Gasteiger partial charge in [-0.25, -0.2) is 13.6 Å². The SMILES string of the molecule is Cn1cc(N=C=O)c(C(F)F)n1. The molecule has 0 aliphatic heterocycles. The van der Waals surface area contributed by atoms with E-state index in [0.717, 1.165) is 4.68 Å². The number of isocyanates is 1. The Hall–Kier alpha value is -1.55. The average molecular weight is 173 g/mol. The molecule has 0 bridgehead atoms. The van der Waals surface area contributed by atoms with E-state index in [1.165, 1.54) is 19.3 Å². The number of rotatable bonds is 2. The zero-order valence-electron chi connectivity index (χ0n) is 6.16. The Morgan fingerprint density at radius 2 is 2.42 bits per heavy atom. The molecule has 12 heavy (non-hydrogen) atoms. The highest BCUT2D eigenvalue weighted by molar-refractivity contribution is 5.50. The fourth-order valence-corrected chi connectivity index (χ4v) is 0.784. The number of aliphatic imine (C=N–C) groups is 1. The molecule has 0 radical (unpaired) electrons. The molecule has 0 aliphatic rings.